The molecular formula is C14H21N3O5S2. The van der Waals surface area contributed by atoms with Crippen LogP contribution in [0.2, 0.25) is 0 Å². The molecule has 1 saturated heterocycles. The second-order valence-corrected chi connectivity index (χ2v) is 8.46. The summed E-state index contributed by atoms with van der Waals surface area (Å²) in [6.07, 6.45) is 1.16. The number of thioether (sulfide) groups is 1. The van der Waals surface area contributed by atoms with E-state index in [0.717, 1.165) is 11.5 Å². The molecular weight excluding hydrogens is 354 g/mol. The molecule has 1 aliphatic heterocycles. The molecule has 1 aromatic heterocycles. The van der Waals surface area contributed by atoms with E-state index in [1.54, 1.807) is 18.7 Å². The summed E-state index contributed by atoms with van der Waals surface area (Å²) in [4.78, 5) is 27.2. The van der Waals surface area contributed by atoms with Gasteiger partial charge >= 0.3 is 5.97 Å². The van der Waals surface area contributed by atoms with Gasteiger partial charge in [-0.05, 0) is 13.0 Å². The number of aromatic nitrogens is 1. The molecule has 0 atom stereocenters. The fraction of sp³-hybridized carbons (Fsp3) is 0.571. The molecule has 0 unspecified atom stereocenters. The number of amides is 1. The predicted molar refractivity (Wildman–Crippen MR) is 90.7 cm³/mol. The molecule has 0 aromatic carbocycles. The number of H-pyrrole nitrogens is 1. The Morgan fingerprint density at radius 3 is 2.62 bits per heavy atom. The van der Waals surface area contributed by atoms with Crippen molar-refractivity contribution in [2.75, 3.05) is 37.7 Å². The van der Waals surface area contributed by atoms with Crippen molar-refractivity contribution in [1.29, 1.82) is 0 Å². The second-order valence-electron chi connectivity index (χ2n) is 5.29. The summed E-state index contributed by atoms with van der Waals surface area (Å²) in [7, 11) is -3.61. The van der Waals surface area contributed by atoms with E-state index in [4.69, 9.17) is 5.11 Å². The highest BCUT2D eigenvalue weighted by molar-refractivity contribution is 7.99. The molecule has 0 aliphatic carbocycles. The lowest BCUT2D eigenvalue weighted by Crippen LogP contribution is -2.37. The van der Waals surface area contributed by atoms with E-state index in [9.17, 15) is 18.0 Å². The molecule has 0 bridgehead atoms. The van der Waals surface area contributed by atoms with Crippen molar-refractivity contribution >= 4 is 33.7 Å². The third kappa shape index (κ3) is 4.31. The van der Waals surface area contributed by atoms with Crippen LogP contribution in [0.4, 0.5) is 0 Å². The lowest BCUT2D eigenvalue weighted by molar-refractivity contribution is -0.137. The van der Waals surface area contributed by atoms with Gasteiger partial charge in [-0.2, -0.15) is 16.1 Å². The first kappa shape index (κ1) is 18.8. The number of aliphatic carboxylic acids is 1. The van der Waals surface area contributed by atoms with Gasteiger partial charge in [0.15, 0.2) is 0 Å². The second kappa shape index (κ2) is 8.04. The third-order valence-electron chi connectivity index (χ3n) is 3.76. The Hall–Kier alpha value is -1.52. The molecule has 0 radical (unpaired) electrons. The molecule has 134 valence electrons. The lowest BCUT2D eigenvalue weighted by Gasteiger charge is -2.25. The van der Waals surface area contributed by atoms with E-state index >= 15 is 0 Å². The molecule has 1 aliphatic rings. The van der Waals surface area contributed by atoms with Gasteiger partial charge in [-0.15, -0.1) is 0 Å². The maximum Gasteiger partial charge on any atom is 0.305 e. The topological polar surface area (TPSA) is 111 Å². The Kier molecular flexibility index (Phi) is 6.30. The van der Waals surface area contributed by atoms with Crippen LogP contribution >= 0.6 is 11.8 Å². The van der Waals surface area contributed by atoms with Gasteiger partial charge in [0, 0.05) is 43.9 Å². The minimum Gasteiger partial charge on any atom is -0.481 e. The maximum atomic E-state index is 12.6. The molecule has 1 aromatic rings. The van der Waals surface area contributed by atoms with Gasteiger partial charge in [0.1, 0.15) is 10.6 Å². The maximum absolute atomic E-state index is 12.6. The van der Waals surface area contributed by atoms with Crippen LogP contribution in [-0.4, -0.2) is 77.3 Å². The van der Waals surface area contributed by atoms with Crippen LogP contribution in [0.5, 0.6) is 0 Å². The van der Waals surface area contributed by atoms with Gasteiger partial charge in [-0.25, -0.2) is 8.42 Å². The number of carbonyl (C=O) groups excluding carboxylic acids is 1. The van der Waals surface area contributed by atoms with Gasteiger partial charge in [0.05, 0.1) is 6.42 Å². The van der Waals surface area contributed by atoms with Crippen LogP contribution in [0.25, 0.3) is 0 Å². The van der Waals surface area contributed by atoms with Crippen molar-refractivity contribution in [2.24, 2.45) is 0 Å². The Bertz CT molecular complexity index is 695. The number of carbonyl (C=O) groups is 2. The van der Waals surface area contributed by atoms with Crippen LogP contribution in [-0.2, 0) is 14.8 Å². The molecule has 8 nitrogen and oxygen atoms in total. The molecule has 2 heterocycles. The molecule has 2 rings (SSSR count). The summed E-state index contributed by atoms with van der Waals surface area (Å²) < 4.78 is 26.6. The minimum absolute atomic E-state index is 0.0621. The number of carboxylic acid groups (broad SMARTS) is 1. The van der Waals surface area contributed by atoms with Crippen LogP contribution < -0.4 is 0 Å². The first-order valence-corrected chi connectivity index (χ1v) is 10.2. The average Bonchev–Trinajstić information content (AvgIpc) is 3.06. The Labute approximate surface area is 145 Å². The van der Waals surface area contributed by atoms with Gasteiger partial charge < -0.3 is 15.0 Å². The number of aromatic amines is 1. The zero-order chi connectivity index (χ0) is 17.7. The highest BCUT2D eigenvalue weighted by Gasteiger charge is 2.28. The van der Waals surface area contributed by atoms with Crippen molar-refractivity contribution in [3.05, 3.63) is 18.0 Å². The van der Waals surface area contributed by atoms with Gasteiger partial charge in [-0.3, -0.25) is 9.59 Å². The van der Waals surface area contributed by atoms with E-state index in [2.05, 4.69) is 4.98 Å². The monoisotopic (exact) mass is 375 g/mol. The van der Waals surface area contributed by atoms with E-state index < -0.39 is 21.9 Å². The lowest BCUT2D eigenvalue weighted by atomic mass is 10.3. The van der Waals surface area contributed by atoms with Crippen molar-refractivity contribution in [3.63, 3.8) is 0 Å². The van der Waals surface area contributed by atoms with Crippen molar-refractivity contribution in [3.8, 4) is 0 Å². The van der Waals surface area contributed by atoms with Crippen LogP contribution in [0.15, 0.2) is 17.2 Å². The molecule has 0 saturated carbocycles. The number of sulfonamides is 1. The number of carboxylic acids is 1. The van der Waals surface area contributed by atoms with Gasteiger partial charge in [0.2, 0.25) is 10.0 Å². The fourth-order valence-corrected chi connectivity index (χ4v) is 4.96. The SMILES string of the molecule is CCN(CCC(=O)O)C(=O)c1cc(S(=O)(=O)N2CCSCC2)c[nH]1. The quantitative estimate of drug-likeness (QED) is 0.725. The van der Waals surface area contributed by atoms with E-state index in [0.29, 0.717) is 19.6 Å². The predicted octanol–water partition coefficient (Wildman–Crippen LogP) is 0.689. The Balaban J connectivity index is 2.13. The molecule has 1 amide bonds. The van der Waals surface area contributed by atoms with E-state index in [-0.39, 0.29) is 23.6 Å². The summed E-state index contributed by atoms with van der Waals surface area (Å²) in [5.74, 6) is 0.121. The zero-order valence-corrected chi connectivity index (χ0v) is 15.0. The first-order valence-electron chi connectivity index (χ1n) is 7.63. The number of nitrogens with one attached hydrogen (secondary N) is 1. The van der Waals surface area contributed by atoms with E-state index in [1.165, 1.54) is 21.5 Å². The first-order chi connectivity index (χ1) is 11.4. The smallest absolute Gasteiger partial charge is 0.305 e. The molecule has 10 heteroatoms. The number of hydrogen-bond acceptors (Lipinski definition) is 5. The zero-order valence-electron chi connectivity index (χ0n) is 13.4. The van der Waals surface area contributed by atoms with Gasteiger partial charge in [0.25, 0.3) is 5.91 Å². The standard InChI is InChI=1S/C14H21N3O5S2/c1-2-16(4-3-13(18)19)14(20)12-9-11(10-15-12)24(21,22)17-5-7-23-8-6-17/h9-10,15H,2-8H2,1H3,(H,18,19). The molecule has 0 spiro atoms. The van der Waals surface area contributed by atoms with E-state index in [1.807, 2.05) is 0 Å². The Morgan fingerprint density at radius 1 is 1.38 bits per heavy atom. The van der Waals surface area contributed by atoms with Gasteiger partial charge in [-0.1, -0.05) is 0 Å². The highest BCUT2D eigenvalue weighted by Crippen LogP contribution is 2.21. The summed E-state index contributed by atoms with van der Waals surface area (Å²) in [6, 6.07) is 1.32. The third-order valence-corrected chi connectivity index (χ3v) is 6.58. The largest absolute Gasteiger partial charge is 0.481 e. The van der Waals surface area contributed by atoms with Crippen molar-refractivity contribution in [2.45, 2.75) is 18.2 Å². The fourth-order valence-electron chi connectivity index (χ4n) is 2.39. The molecule has 1 fully saturated rings. The average molecular weight is 375 g/mol. The van der Waals surface area contributed by atoms with Crippen molar-refractivity contribution in [1.82, 2.24) is 14.2 Å². The summed E-state index contributed by atoms with van der Waals surface area (Å²) in [5, 5.41) is 8.73. The number of rotatable bonds is 7. The summed E-state index contributed by atoms with van der Waals surface area (Å²) in [6.45, 7) is 3.08. The van der Waals surface area contributed by atoms with Crippen molar-refractivity contribution < 1.29 is 23.1 Å². The highest BCUT2D eigenvalue weighted by atomic mass is 32.2. The number of nitrogens with zero attached hydrogens (tertiary/aromatic N) is 2. The minimum atomic E-state index is -3.61. The normalized spacial score (nSPS) is 16.0. The molecule has 2 N–H and O–H groups in total. The number of hydrogen-bond donors (Lipinski definition) is 2. The Morgan fingerprint density at radius 2 is 2.04 bits per heavy atom. The van der Waals surface area contributed by atoms with Crippen LogP contribution in [0.1, 0.15) is 23.8 Å². The van der Waals surface area contributed by atoms with Crippen LogP contribution in [0.3, 0.4) is 0 Å². The molecule has 24 heavy (non-hydrogen) atoms. The summed E-state index contributed by atoms with van der Waals surface area (Å²) >= 11 is 1.71. The van der Waals surface area contributed by atoms with Crippen LogP contribution in [0, 0.1) is 0 Å². The summed E-state index contributed by atoms with van der Waals surface area (Å²) in [5.41, 5.74) is 0.146.